The van der Waals surface area contributed by atoms with Crippen molar-refractivity contribution in [1.29, 1.82) is 5.26 Å². The summed E-state index contributed by atoms with van der Waals surface area (Å²) >= 11 is 4.67. The molecule has 1 aromatic carbocycles. The lowest BCUT2D eigenvalue weighted by atomic mass is 9.95. The number of rotatable bonds is 3. The standard InChI is InChI=1S/C13H8BrNOS/c14-11-6-7-17-13(11)12(16)10(8-15)9-4-2-1-3-5-9/h1-7,10H. The number of carbonyl (C=O) groups excluding carboxylic acids is 1. The highest BCUT2D eigenvalue weighted by atomic mass is 79.9. The fourth-order valence-electron chi connectivity index (χ4n) is 1.53. The molecule has 0 radical (unpaired) electrons. The molecule has 84 valence electrons. The molecular formula is C13H8BrNOS. The summed E-state index contributed by atoms with van der Waals surface area (Å²) in [7, 11) is 0. The lowest BCUT2D eigenvalue weighted by Gasteiger charge is -2.07. The zero-order valence-electron chi connectivity index (χ0n) is 8.76. The van der Waals surface area contributed by atoms with Gasteiger partial charge in [-0.15, -0.1) is 11.3 Å². The maximum Gasteiger partial charge on any atom is 0.195 e. The molecule has 2 aromatic rings. The molecule has 0 N–H and O–H groups in total. The third kappa shape index (κ3) is 2.46. The number of Topliss-reactive ketones (excluding diaryl/α,β-unsaturated/α-hetero) is 1. The van der Waals surface area contributed by atoms with Gasteiger partial charge in [-0.1, -0.05) is 30.3 Å². The first-order valence-electron chi connectivity index (χ1n) is 4.96. The van der Waals surface area contributed by atoms with Gasteiger partial charge < -0.3 is 0 Å². The largest absolute Gasteiger partial charge is 0.291 e. The van der Waals surface area contributed by atoms with E-state index < -0.39 is 5.92 Å². The number of nitriles is 1. The minimum Gasteiger partial charge on any atom is -0.291 e. The molecule has 1 aromatic heterocycles. The van der Waals surface area contributed by atoms with Crippen molar-refractivity contribution in [3.05, 3.63) is 56.7 Å². The van der Waals surface area contributed by atoms with Crippen molar-refractivity contribution in [3.63, 3.8) is 0 Å². The molecule has 17 heavy (non-hydrogen) atoms. The number of hydrogen-bond acceptors (Lipinski definition) is 3. The van der Waals surface area contributed by atoms with Crippen LogP contribution in [0.5, 0.6) is 0 Å². The first-order chi connectivity index (χ1) is 8.24. The van der Waals surface area contributed by atoms with Gasteiger partial charge in [0, 0.05) is 4.47 Å². The second-order valence-electron chi connectivity index (χ2n) is 3.43. The molecule has 0 saturated carbocycles. The number of ketones is 1. The van der Waals surface area contributed by atoms with E-state index in [1.54, 1.807) is 12.1 Å². The number of thiophene rings is 1. The Bertz CT molecular complexity index is 571. The van der Waals surface area contributed by atoms with E-state index in [1.807, 2.05) is 29.6 Å². The number of hydrogen-bond donors (Lipinski definition) is 0. The molecule has 2 nitrogen and oxygen atoms in total. The Hall–Kier alpha value is -1.44. The number of halogens is 1. The third-order valence-corrected chi connectivity index (χ3v) is 4.22. The Kier molecular flexibility index (Phi) is 3.72. The van der Waals surface area contributed by atoms with Crippen molar-refractivity contribution < 1.29 is 4.79 Å². The summed E-state index contributed by atoms with van der Waals surface area (Å²) < 4.78 is 0.753. The van der Waals surface area contributed by atoms with Crippen LogP contribution in [0.15, 0.2) is 46.3 Å². The predicted octanol–water partition coefficient (Wildman–Crippen LogP) is 4.00. The molecule has 0 aliphatic carbocycles. The minimum atomic E-state index is -0.730. The second kappa shape index (κ2) is 5.26. The van der Waals surface area contributed by atoms with Gasteiger partial charge >= 0.3 is 0 Å². The van der Waals surface area contributed by atoms with Crippen LogP contribution in [0.1, 0.15) is 21.2 Å². The first kappa shape index (κ1) is 12.0. The molecule has 1 atom stereocenters. The zero-order valence-corrected chi connectivity index (χ0v) is 11.2. The maximum absolute atomic E-state index is 12.2. The van der Waals surface area contributed by atoms with Gasteiger partial charge in [0.25, 0.3) is 0 Å². The molecular weight excluding hydrogens is 298 g/mol. The van der Waals surface area contributed by atoms with Crippen LogP contribution in [0.4, 0.5) is 0 Å². The van der Waals surface area contributed by atoms with Gasteiger partial charge in [-0.3, -0.25) is 4.79 Å². The van der Waals surface area contributed by atoms with E-state index in [0.29, 0.717) is 4.88 Å². The number of benzene rings is 1. The third-order valence-electron chi connectivity index (χ3n) is 2.37. The van der Waals surface area contributed by atoms with Crippen molar-refractivity contribution in [3.8, 4) is 6.07 Å². The highest BCUT2D eigenvalue weighted by Crippen LogP contribution is 2.29. The Morgan fingerprint density at radius 1 is 1.29 bits per heavy atom. The van der Waals surface area contributed by atoms with Crippen LogP contribution in [0.25, 0.3) is 0 Å². The van der Waals surface area contributed by atoms with Crippen LogP contribution in [0.3, 0.4) is 0 Å². The van der Waals surface area contributed by atoms with Crippen LogP contribution in [0.2, 0.25) is 0 Å². The van der Waals surface area contributed by atoms with E-state index in [4.69, 9.17) is 5.26 Å². The van der Waals surface area contributed by atoms with E-state index in [2.05, 4.69) is 22.0 Å². The fraction of sp³-hybridized carbons (Fsp3) is 0.0769. The van der Waals surface area contributed by atoms with Crippen LogP contribution in [-0.2, 0) is 0 Å². The summed E-state index contributed by atoms with van der Waals surface area (Å²) in [6, 6.07) is 13.0. The monoisotopic (exact) mass is 305 g/mol. The smallest absolute Gasteiger partial charge is 0.195 e. The van der Waals surface area contributed by atoms with Crippen molar-refractivity contribution in [1.82, 2.24) is 0 Å². The van der Waals surface area contributed by atoms with Crippen LogP contribution in [0, 0.1) is 11.3 Å². The van der Waals surface area contributed by atoms with E-state index in [0.717, 1.165) is 10.0 Å². The van der Waals surface area contributed by atoms with E-state index in [-0.39, 0.29) is 5.78 Å². The first-order valence-corrected chi connectivity index (χ1v) is 6.63. The molecule has 0 amide bonds. The summed E-state index contributed by atoms with van der Waals surface area (Å²) in [6.07, 6.45) is 0. The Morgan fingerprint density at radius 2 is 2.00 bits per heavy atom. The molecule has 1 unspecified atom stereocenters. The molecule has 1 heterocycles. The van der Waals surface area contributed by atoms with Gasteiger partial charge in [-0.25, -0.2) is 0 Å². The SMILES string of the molecule is N#CC(C(=O)c1sccc1Br)c1ccccc1. The maximum atomic E-state index is 12.2. The Morgan fingerprint density at radius 3 is 2.53 bits per heavy atom. The Labute approximate surface area is 112 Å². The van der Waals surface area contributed by atoms with Crippen molar-refractivity contribution in [2.75, 3.05) is 0 Å². The van der Waals surface area contributed by atoms with Crippen molar-refractivity contribution >= 4 is 33.0 Å². The molecule has 0 saturated heterocycles. The molecule has 0 aliphatic rings. The van der Waals surface area contributed by atoms with Gasteiger partial charge in [-0.2, -0.15) is 5.26 Å². The van der Waals surface area contributed by atoms with Gasteiger partial charge in [0.1, 0.15) is 5.92 Å². The van der Waals surface area contributed by atoms with E-state index in [9.17, 15) is 4.79 Å². The van der Waals surface area contributed by atoms with Gasteiger partial charge in [0.2, 0.25) is 0 Å². The van der Waals surface area contributed by atoms with Crippen LogP contribution in [-0.4, -0.2) is 5.78 Å². The minimum absolute atomic E-state index is 0.152. The van der Waals surface area contributed by atoms with E-state index >= 15 is 0 Å². The molecule has 0 fully saturated rings. The number of nitrogens with zero attached hydrogens (tertiary/aromatic N) is 1. The fourth-order valence-corrected chi connectivity index (χ4v) is 3.07. The molecule has 4 heteroatoms. The molecule has 0 bridgehead atoms. The molecule has 0 spiro atoms. The van der Waals surface area contributed by atoms with E-state index in [1.165, 1.54) is 11.3 Å². The van der Waals surface area contributed by atoms with Gasteiger partial charge in [0.15, 0.2) is 5.78 Å². The van der Waals surface area contributed by atoms with Crippen LogP contribution >= 0.6 is 27.3 Å². The summed E-state index contributed by atoms with van der Waals surface area (Å²) in [5.74, 6) is -0.883. The predicted molar refractivity (Wildman–Crippen MR) is 71.1 cm³/mol. The lowest BCUT2D eigenvalue weighted by molar-refractivity contribution is 0.0982. The summed E-state index contributed by atoms with van der Waals surface area (Å²) in [6.45, 7) is 0. The average molecular weight is 306 g/mol. The molecule has 2 rings (SSSR count). The highest BCUT2D eigenvalue weighted by molar-refractivity contribution is 9.10. The summed E-state index contributed by atoms with van der Waals surface area (Å²) in [5.41, 5.74) is 0.736. The van der Waals surface area contributed by atoms with Crippen molar-refractivity contribution in [2.24, 2.45) is 0 Å². The highest BCUT2D eigenvalue weighted by Gasteiger charge is 2.24. The van der Waals surface area contributed by atoms with Gasteiger partial charge in [-0.05, 0) is 32.9 Å². The van der Waals surface area contributed by atoms with Crippen molar-refractivity contribution in [2.45, 2.75) is 5.92 Å². The summed E-state index contributed by atoms with van der Waals surface area (Å²) in [4.78, 5) is 12.8. The normalized spacial score (nSPS) is 11.8. The van der Waals surface area contributed by atoms with Crippen LogP contribution < -0.4 is 0 Å². The topological polar surface area (TPSA) is 40.9 Å². The second-order valence-corrected chi connectivity index (χ2v) is 5.21. The molecule has 0 aliphatic heterocycles. The quantitative estimate of drug-likeness (QED) is 0.804. The summed E-state index contributed by atoms with van der Waals surface area (Å²) in [5, 5.41) is 11.0. The lowest BCUT2D eigenvalue weighted by Crippen LogP contribution is -2.10. The number of carbonyl (C=O) groups is 1. The van der Waals surface area contributed by atoms with Gasteiger partial charge in [0.05, 0.1) is 10.9 Å². The average Bonchev–Trinajstić information content (AvgIpc) is 2.77. The zero-order chi connectivity index (χ0) is 12.3. The Balaban J connectivity index is 2.36.